The van der Waals surface area contributed by atoms with Gasteiger partial charge in [0.2, 0.25) is 22.1 Å². The van der Waals surface area contributed by atoms with Crippen LogP contribution in [0.2, 0.25) is 0 Å². The van der Waals surface area contributed by atoms with Gasteiger partial charge in [-0.3, -0.25) is 14.5 Å². The van der Waals surface area contributed by atoms with Crippen LogP contribution in [0.15, 0.2) is 0 Å². The largest absolute Gasteiger partial charge is 0.354 e. The molecule has 8 heteroatoms. The quantitative estimate of drug-likeness (QED) is 0.899. The van der Waals surface area contributed by atoms with Gasteiger partial charge in [-0.2, -0.15) is 0 Å². The van der Waals surface area contributed by atoms with Crippen molar-refractivity contribution in [3.63, 3.8) is 0 Å². The van der Waals surface area contributed by atoms with Crippen molar-refractivity contribution in [1.82, 2.24) is 15.5 Å². The van der Waals surface area contributed by atoms with E-state index in [4.69, 9.17) is 0 Å². The minimum Gasteiger partial charge on any atom is -0.354 e. The van der Waals surface area contributed by atoms with Gasteiger partial charge in [0.05, 0.1) is 5.92 Å². The highest BCUT2D eigenvalue weighted by molar-refractivity contribution is 7.19. The number of carbonyl (C=O) groups excluding carboxylic acids is 2. The predicted molar refractivity (Wildman–Crippen MR) is 89.7 cm³/mol. The molecule has 0 bridgehead atoms. The average Bonchev–Trinajstić information content (AvgIpc) is 3.15. The smallest absolute Gasteiger partial charge is 0.228 e. The molecule has 2 aliphatic heterocycles. The summed E-state index contributed by atoms with van der Waals surface area (Å²) < 4.78 is 0. The molecular formula is C15H23N5O2S. The molecule has 2 aliphatic rings. The van der Waals surface area contributed by atoms with E-state index < -0.39 is 0 Å². The zero-order chi connectivity index (χ0) is 16.4. The second-order valence-corrected chi connectivity index (χ2v) is 7.40. The normalized spacial score (nSPS) is 22.0. The summed E-state index contributed by atoms with van der Waals surface area (Å²) in [6.45, 7) is 6.23. The lowest BCUT2D eigenvalue weighted by Crippen LogP contribution is -2.44. The van der Waals surface area contributed by atoms with Crippen LogP contribution in [-0.4, -0.2) is 47.7 Å². The first-order valence-corrected chi connectivity index (χ1v) is 9.05. The molecule has 1 unspecified atom stereocenters. The fourth-order valence-electron chi connectivity index (χ4n) is 3.06. The molecule has 7 nitrogen and oxygen atoms in total. The van der Waals surface area contributed by atoms with E-state index >= 15 is 0 Å². The molecule has 1 N–H and O–H groups in total. The van der Waals surface area contributed by atoms with Crippen LogP contribution in [0, 0.1) is 5.92 Å². The molecule has 23 heavy (non-hydrogen) atoms. The van der Waals surface area contributed by atoms with Gasteiger partial charge in [-0.25, -0.2) is 0 Å². The molecule has 3 rings (SSSR count). The maximum Gasteiger partial charge on any atom is 0.228 e. The van der Waals surface area contributed by atoms with Gasteiger partial charge in [0.15, 0.2) is 0 Å². The molecule has 0 aliphatic carbocycles. The molecule has 1 aromatic heterocycles. The number of carbonyl (C=O) groups is 2. The Balaban J connectivity index is 1.66. The Morgan fingerprint density at radius 2 is 2.04 bits per heavy atom. The van der Waals surface area contributed by atoms with Gasteiger partial charge in [-0.15, -0.1) is 10.2 Å². The number of piperidine rings is 1. The number of anilines is 2. The van der Waals surface area contributed by atoms with Crippen LogP contribution in [-0.2, 0) is 9.59 Å². The number of hydrogen-bond donors (Lipinski definition) is 1. The third kappa shape index (κ3) is 3.63. The minimum absolute atomic E-state index is 0.00748. The van der Waals surface area contributed by atoms with Crippen molar-refractivity contribution in [2.24, 2.45) is 5.92 Å². The van der Waals surface area contributed by atoms with Crippen LogP contribution in [0.4, 0.5) is 10.3 Å². The predicted octanol–water partition coefficient (Wildman–Crippen LogP) is 1.41. The summed E-state index contributed by atoms with van der Waals surface area (Å²) in [5.74, 6) is 0.233. The second-order valence-electron chi connectivity index (χ2n) is 6.46. The summed E-state index contributed by atoms with van der Waals surface area (Å²) in [5.41, 5.74) is 0. The Labute approximate surface area is 140 Å². The van der Waals surface area contributed by atoms with E-state index in [1.165, 1.54) is 11.3 Å². The molecule has 1 aromatic rings. The van der Waals surface area contributed by atoms with E-state index in [0.29, 0.717) is 18.1 Å². The van der Waals surface area contributed by atoms with Crippen LogP contribution in [0.1, 0.15) is 39.5 Å². The second kappa shape index (κ2) is 6.82. The van der Waals surface area contributed by atoms with Crippen molar-refractivity contribution in [3.8, 4) is 0 Å². The van der Waals surface area contributed by atoms with Gasteiger partial charge in [0.1, 0.15) is 0 Å². The Morgan fingerprint density at radius 1 is 1.26 bits per heavy atom. The fourth-order valence-corrected chi connectivity index (χ4v) is 3.99. The van der Waals surface area contributed by atoms with Gasteiger partial charge < -0.3 is 10.2 Å². The number of hydrogen-bond acceptors (Lipinski definition) is 6. The van der Waals surface area contributed by atoms with Crippen molar-refractivity contribution < 1.29 is 9.59 Å². The number of rotatable bonds is 4. The van der Waals surface area contributed by atoms with E-state index in [0.717, 1.165) is 37.5 Å². The summed E-state index contributed by atoms with van der Waals surface area (Å²) >= 11 is 1.45. The van der Waals surface area contributed by atoms with E-state index in [9.17, 15) is 9.59 Å². The van der Waals surface area contributed by atoms with Gasteiger partial charge >= 0.3 is 0 Å². The van der Waals surface area contributed by atoms with Gasteiger partial charge in [-0.1, -0.05) is 11.3 Å². The van der Waals surface area contributed by atoms with E-state index in [2.05, 4.69) is 20.4 Å². The van der Waals surface area contributed by atoms with E-state index in [1.807, 2.05) is 13.8 Å². The number of amides is 2. The van der Waals surface area contributed by atoms with Gasteiger partial charge in [0, 0.05) is 32.1 Å². The standard InChI is InChI=1S/C15H23N5O2S/c1-10(2)16-13(22)11-5-3-7-19(9-11)14-17-18-15(23-14)20-8-4-6-12(20)21/h10-11H,3-9H2,1-2H3,(H,16,22). The highest BCUT2D eigenvalue weighted by Crippen LogP contribution is 2.32. The van der Waals surface area contributed by atoms with Crippen LogP contribution < -0.4 is 15.1 Å². The maximum absolute atomic E-state index is 12.2. The van der Waals surface area contributed by atoms with Crippen LogP contribution in [0.5, 0.6) is 0 Å². The van der Waals surface area contributed by atoms with Crippen molar-refractivity contribution in [2.45, 2.75) is 45.6 Å². The van der Waals surface area contributed by atoms with Crippen molar-refractivity contribution in [2.75, 3.05) is 29.4 Å². The molecule has 0 aromatic carbocycles. The fraction of sp³-hybridized carbons (Fsp3) is 0.733. The molecule has 0 radical (unpaired) electrons. The van der Waals surface area contributed by atoms with Gasteiger partial charge in [-0.05, 0) is 33.1 Å². The van der Waals surface area contributed by atoms with Crippen molar-refractivity contribution >= 4 is 33.4 Å². The van der Waals surface area contributed by atoms with E-state index in [1.54, 1.807) is 4.90 Å². The van der Waals surface area contributed by atoms with Crippen LogP contribution in [0.3, 0.4) is 0 Å². The summed E-state index contributed by atoms with van der Waals surface area (Å²) in [7, 11) is 0. The van der Waals surface area contributed by atoms with Crippen molar-refractivity contribution in [1.29, 1.82) is 0 Å². The highest BCUT2D eigenvalue weighted by atomic mass is 32.1. The first kappa shape index (κ1) is 16.2. The number of nitrogens with one attached hydrogen (secondary N) is 1. The molecule has 2 amide bonds. The minimum atomic E-state index is -0.00748. The Hall–Kier alpha value is -1.70. The lowest BCUT2D eigenvalue weighted by molar-refractivity contribution is -0.125. The maximum atomic E-state index is 12.2. The monoisotopic (exact) mass is 337 g/mol. The summed E-state index contributed by atoms with van der Waals surface area (Å²) in [6, 6.07) is 0.159. The third-order valence-corrected chi connectivity index (χ3v) is 5.21. The summed E-state index contributed by atoms with van der Waals surface area (Å²) in [5, 5.41) is 12.9. The lowest BCUT2D eigenvalue weighted by atomic mass is 9.97. The molecule has 0 saturated carbocycles. The molecular weight excluding hydrogens is 314 g/mol. The summed E-state index contributed by atoms with van der Waals surface area (Å²) in [6.07, 6.45) is 3.35. The first-order chi connectivity index (χ1) is 11.0. The third-order valence-electron chi connectivity index (χ3n) is 4.20. The topological polar surface area (TPSA) is 78.4 Å². The Kier molecular flexibility index (Phi) is 4.79. The molecule has 0 spiro atoms. The van der Waals surface area contributed by atoms with Crippen LogP contribution in [0.25, 0.3) is 0 Å². The van der Waals surface area contributed by atoms with E-state index in [-0.39, 0.29) is 23.8 Å². The molecule has 126 valence electrons. The van der Waals surface area contributed by atoms with Gasteiger partial charge in [0.25, 0.3) is 0 Å². The Bertz CT molecular complexity index is 588. The van der Waals surface area contributed by atoms with Crippen molar-refractivity contribution in [3.05, 3.63) is 0 Å². The SMILES string of the molecule is CC(C)NC(=O)C1CCCN(c2nnc(N3CCCC3=O)s2)C1. The zero-order valence-electron chi connectivity index (χ0n) is 13.6. The summed E-state index contributed by atoms with van der Waals surface area (Å²) in [4.78, 5) is 27.9. The number of aromatic nitrogens is 2. The molecule has 2 saturated heterocycles. The number of nitrogens with zero attached hydrogens (tertiary/aromatic N) is 4. The Morgan fingerprint density at radius 3 is 2.74 bits per heavy atom. The first-order valence-electron chi connectivity index (χ1n) is 8.24. The lowest BCUT2D eigenvalue weighted by Gasteiger charge is -2.31. The highest BCUT2D eigenvalue weighted by Gasteiger charge is 2.30. The van der Waals surface area contributed by atoms with Crippen LogP contribution >= 0.6 is 11.3 Å². The molecule has 1 atom stereocenters. The molecule has 2 fully saturated rings. The zero-order valence-corrected chi connectivity index (χ0v) is 14.4. The average molecular weight is 337 g/mol. The molecule has 3 heterocycles.